The molecule has 0 bridgehead atoms. The maximum atomic E-state index is 12.3. The van der Waals surface area contributed by atoms with E-state index in [2.05, 4.69) is 15.4 Å². The number of nitrogens with zero attached hydrogens (tertiary/aromatic N) is 3. The zero-order chi connectivity index (χ0) is 16.2. The summed E-state index contributed by atoms with van der Waals surface area (Å²) in [4.78, 5) is 17.2. The second-order valence-electron chi connectivity index (χ2n) is 4.79. The van der Waals surface area contributed by atoms with Crippen molar-refractivity contribution in [2.24, 2.45) is 0 Å². The maximum Gasteiger partial charge on any atom is 0.251 e. The monoisotopic (exact) mass is 332 g/mol. The molecule has 0 atom stereocenters. The number of hydrogen-bond donors (Lipinski definition) is 1. The molecular weight excluding hydrogens is 316 g/mol. The molecule has 3 aromatic rings. The largest absolute Gasteiger partial charge is 0.497 e. The second kappa shape index (κ2) is 6.66. The van der Waals surface area contributed by atoms with Crippen molar-refractivity contribution in [3.63, 3.8) is 0 Å². The van der Waals surface area contributed by atoms with E-state index < -0.39 is 0 Å². The molecule has 0 aliphatic heterocycles. The van der Waals surface area contributed by atoms with Crippen molar-refractivity contribution in [1.82, 2.24) is 19.9 Å². The fourth-order valence-corrected chi connectivity index (χ4v) is 3.02. The van der Waals surface area contributed by atoms with Gasteiger partial charge in [0.1, 0.15) is 17.8 Å². The Hall–Kier alpha value is -2.61. The third-order valence-corrected chi connectivity index (χ3v) is 4.25. The summed E-state index contributed by atoms with van der Waals surface area (Å²) < 4.78 is 12.1. The molecule has 2 heterocycles. The Bertz CT molecular complexity index is 805. The van der Waals surface area contributed by atoms with E-state index in [0.717, 1.165) is 10.7 Å². The van der Waals surface area contributed by atoms with Crippen LogP contribution in [0.25, 0.3) is 4.96 Å². The first-order valence-electron chi connectivity index (χ1n) is 6.98. The molecule has 8 heteroatoms. The number of nitrogens with one attached hydrogen (secondary N) is 1. The van der Waals surface area contributed by atoms with Crippen LogP contribution in [0.1, 0.15) is 16.1 Å². The molecule has 0 fully saturated rings. The lowest BCUT2D eigenvalue weighted by atomic mass is 10.2. The number of rotatable bonds is 6. The summed E-state index contributed by atoms with van der Waals surface area (Å²) in [7, 11) is 3.10. The van der Waals surface area contributed by atoms with Crippen molar-refractivity contribution >= 4 is 22.2 Å². The van der Waals surface area contributed by atoms with Crippen molar-refractivity contribution < 1.29 is 14.3 Å². The van der Waals surface area contributed by atoms with Crippen LogP contribution in [0.3, 0.4) is 0 Å². The summed E-state index contributed by atoms with van der Waals surface area (Å²) >= 11 is 1.53. The molecule has 0 saturated heterocycles. The fourth-order valence-electron chi connectivity index (χ4n) is 2.19. The highest BCUT2D eigenvalue weighted by Gasteiger charge is 2.10. The first kappa shape index (κ1) is 15.3. The second-order valence-corrected chi connectivity index (χ2v) is 5.63. The van der Waals surface area contributed by atoms with Gasteiger partial charge in [-0.2, -0.15) is 5.10 Å². The van der Waals surface area contributed by atoms with Gasteiger partial charge in [-0.3, -0.25) is 4.79 Å². The van der Waals surface area contributed by atoms with Gasteiger partial charge in [-0.1, -0.05) is 0 Å². The molecule has 1 amide bonds. The standard InChI is InChI=1S/C15H16N4O3S/c1-21-12-5-10(6-13(7-12)22-2)14(20)16-4-3-11-8-23-15-17-9-18-19(11)15/h5-9H,3-4H2,1-2H3,(H,16,20). The summed E-state index contributed by atoms with van der Waals surface area (Å²) in [6.45, 7) is 0.504. The Morgan fingerprint density at radius 3 is 2.70 bits per heavy atom. The van der Waals surface area contributed by atoms with E-state index in [1.807, 2.05) is 5.38 Å². The molecule has 2 aromatic heterocycles. The Morgan fingerprint density at radius 2 is 2.00 bits per heavy atom. The van der Waals surface area contributed by atoms with E-state index in [4.69, 9.17) is 9.47 Å². The lowest BCUT2D eigenvalue weighted by Gasteiger charge is -2.09. The minimum Gasteiger partial charge on any atom is -0.497 e. The number of carbonyl (C=O) groups excluding carboxylic acids is 1. The molecule has 1 aromatic carbocycles. The van der Waals surface area contributed by atoms with E-state index in [0.29, 0.717) is 30.0 Å². The van der Waals surface area contributed by atoms with Crippen LogP contribution in [0.5, 0.6) is 11.5 Å². The number of fused-ring (bicyclic) bond motifs is 1. The van der Waals surface area contributed by atoms with E-state index in [1.54, 1.807) is 36.9 Å². The summed E-state index contributed by atoms with van der Waals surface area (Å²) in [5.41, 5.74) is 1.52. The van der Waals surface area contributed by atoms with Crippen molar-refractivity contribution in [3.05, 3.63) is 41.2 Å². The zero-order valence-corrected chi connectivity index (χ0v) is 13.6. The van der Waals surface area contributed by atoms with Gasteiger partial charge in [0.05, 0.1) is 19.9 Å². The van der Waals surface area contributed by atoms with Crippen LogP contribution in [0.4, 0.5) is 0 Å². The minimum atomic E-state index is -0.174. The normalized spacial score (nSPS) is 10.7. The molecule has 0 aliphatic carbocycles. The number of benzene rings is 1. The summed E-state index contributed by atoms with van der Waals surface area (Å²) in [6.07, 6.45) is 2.20. The number of hydrogen-bond acceptors (Lipinski definition) is 6. The molecule has 0 unspecified atom stereocenters. The van der Waals surface area contributed by atoms with Gasteiger partial charge in [0.25, 0.3) is 5.91 Å². The maximum absolute atomic E-state index is 12.3. The molecular formula is C15H16N4O3S. The van der Waals surface area contributed by atoms with Crippen molar-refractivity contribution in [3.8, 4) is 11.5 Å². The molecule has 0 radical (unpaired) electrons. The van der Waals surface area contributed by atoms with E-state index >= 15 is 0 Å². The number of amides is 1. The first-order valence-corrected chi connectivity index (χ1v) is 7.86. The van der Waals surface area contributed by atoms with Crippen LogP contribution < -0.4 is 14.8 Å². The van der Waals surface area contributed by atoms with Gasteiger partial charge in [0.15, 0.2) is 0 Å². The van der Waals surface area contributed by atoms with Gasteiger partial charge in [-0.25, -0.2) is 9.50 Å². The Balaban J connectivity index is 1.64. The Morgan fingerprint density at radius 1 is 1.26 bits per heavy atom. The van der Waals surface area contributed by atoms with Crippen molar-refractivity contribution in [1.29, 1.82) is 0 Å². The molecule has 0 aliphatic rings. The molecule has 0 spiro atoms. The summed E-state index contributed by atoms with van der Waals surface area (Å²) in [5, 5.41) is 9.04. The lowest BCUT2D eigenvalue weighted by Crippen LogP contribution is -2.26. The average Bonchev–Trinajstić information content (AvgIpc) is 3.18. The van der Waals surface area contributed by atoms with Gasteiger partial charge < -0.3 is 14.8 Å². The van der Waals surface area contributed by atoms with Crippen LogP contribution in [-0.2, 0) is 6.42 Å². The van der Waals surface area contributed by atoms with Crippen LogP contribution in [0.2, 0.25) is 0 Å². The van der Waals surface area contributed by atoms with Gasteiger partial charge in [-0.15, -0.1) is 11.3 Å². The molecule has 7 nitrogen and oxygen atoms in total. The molecule has 0 saturated carbocycles. The minimum absolute atomic E-state index is 0.174. The van der Waals surface area contributed by atoms with E-state index in [9.17, 15) is 4.79 Å². The first-order chi connectivity index (χ1) is 11.2. The van der Waals surface area contributed by atoms with Crippen LogP contribution in [0, 0.1) is 0 Å². The van der Waals surface area contributed by atoms with Gasteiger partial charge in [-0.05, 0) is 12.1 Å². The third kappa shape index (κ3) is 3.26. The Kier molecular flexibility index (Phi) is 4.42. The van der Waals surface area contributed by atoms with Crippen LogP contribution >= 0.6 is 11.3 Å². The molecule has 23 heavy (non-hydrogen) atoms. The zero-order valence-electron chi connectivity index (χ0n) is 12.8. The van der Waals surface area contributed by atoms with Gasteiger partial charge >= 0.3 is 0 Å². The highest BCUT2D eigenvalue weighted by molar-refractivity contribution is 7.15. The average molecular weight is 332 g/mol. The number of methoxy groups -OCH3 is 2. The molecule has 3 rings (SSSR count). The number of aromatic nitrogens is 3. The Labute approximate surface area is 136 Å². The van der Waals surface area contributed by atoms with Gasteiger partial charge in [0, 0.05) is 30.0 Å². The highest BCUT2D eigenvalue weighted by atomic mass is 32.1. The van der Waals surface area contributed by atoms with Crippen molar-refractivity contribution in [2.75, 3.05) is 20.8 Å². The lowest BCUT2D eigenvalue weighted by molar-refractivity contribution is 0.0953. The topological polar surface area (TPSA) is 77.8 Å². The number of carbonyl (C=O) groups is 1. The fraction of sp³-hybridized carbons (Fsp3) is 0.267. The van der Waals surface area contributed by atoms with Crippen LogP contribution in [0.15, 0.2) is 29.9 Å². The number of ether oxygens (including phenoxy) is 2. The SMILES string of the molecule is COc1cc(OC)cc(C(=O)NCCc2csc3ncnn23)c1. The van der Waals surface area contributed by atoms with E-state index in [-0.39, 0.29) is 5.91 Å². The smallest absolute Gasteiger partial charge is 0.251 e. The van der Waals surface area contributed by atoms with E-state index in [1.165, 1.54) is 17.7 Å². The predicted molar refractivity (Wildman–Crippen MR) is 86.4 cm³/mol. The molecule has 120 valence electrons. The number of thiazole rings is 1. The molecule has 1 N–H and O–H groups in total. The highest BCUT2D eigenvalue weighted by Crippen LogP contribution is 2.22. The van der Waals surface area contributed by atoms with Gasteiger partial charge in [0.2, 0.25) is 4.96 Å². The summed E-state index contributed by atoms with van der Waals surface area (Å²) in [5.74, 6) is 0.987. The van der Waals surface area contributed by atoms with Crippen molar-refractivity contribution in [2.45, 2.75) is 6.42 Å². The summed E-state index contributed by atoms with van der Waals surface area (Å²) in [6, 6.07) is 5.08. The quantitative estimate of drug-likeness (QED) is 0.744. The third-order valence-electron chi connectivity index (χ3n) is 3.37. The predicted octanol–water partition coefficient (Wildman–Crippen LogP) is 1.78. The van der Waals surface area contributed by atoms with Crippen LogP contribution in [-0.4, -0.2) is 41.3 Å².